The van der Waals surface area contributed by atoms with Crippen molar-refractivity contribution in [3.8, 4) is 0 Å². The molecule has 4 unspecified atom stereocenters. The highest BCUT2D eigenvalue weighted by atomic mass is 79.9. The first-order valence-corrected chi connectivity index (χ1v) is 9.33. The van der Waals surface area contributed by atoms with Gasteiger partial charge in [0.25, 0.3) is 0 Å². The van der Waals surface area contributed by atoms with Crippen molar-refractivity contribution in [3.63, 3.8) is 0 Å². The molecule has 0 saturated heterocycles. The summed E-state index contributed by atoms with van der Waals surface area (Å²) < 4.78 is 0. The van der Waals surface area contributed by atoms with Crippen molar-refractivity contribution < 1.29 is 0 Å². The molecule has 0 heterocycles. The maximum absolute atomic E-state index is 3.87. The monoisotopic (exact) mass is 312 g/mol. The number of halogens is 1. The van der Waals surface area contributed by atoms with Gasteiger partial charge in [-0.25, -0.2) is 0 Å². The summed E-state index contributed by atoms with van der Waals surface area (Å²) in [6.45, 7) is 2.36. The first kappa shape index (κ1) is 13.5. The molecule has 0 bridgehead atoms. The minimum Gasteiger partial charge on any atom is -0.0891 e. The van der Waals surface area contributed by atoms with E-state index in [4.69, 9.17) is 0 Å². The molecule has 0 spiro atoms. The van der Waals surface area contributed by atoms with Crippen LogP contribution < -0.4 is 0 Å². The molecule has 0 radical (unpaired) electrons. The minimum atomic E-state index is 0.840. The molecule has 0 aromatic carbocycles. The van der Waals surface area contributed by atoms with Gasteiger partial charge < -0.3 is 0 Å². The van der Waals surface area contributed by atoms with Crippen molar-refractivity contribution in [1.29, 1.82) is 0 Å². The lowest BCUT2D eigenvalue weighted by atomic mass is 9.56. The Hall–Kier alpha value is 0.480. The smallest absolute Gasteiger partial charge is 0.0148 e. The summed E-state index contributed by atoms with van der Waals surface area (Å²) in [4.78, 5) is 0.840. The van der Waals surface area contributed by atoms with Gasteiger partial charge in [-0.3, -0.25) is 0 Å². The van der Waals surface area contributed by atoms with Crippen molar-refractivity contribution in [2.24, 2.45) is 29.6 Å². The maximum Gasteiger partial charge on any atom is 0.0148 e. The average molecular weight is 313 g/mol. The van der Waals surface area contributed by atoms with Crippen LogP contribution in [-0.4, -0.2) is 4.83 Å². The Labute approximate surface area is 121 Å². The number of alkyl halides is 1. The van der Waals surface area contributed by atoms with Gasteiger partial charge in [0.1, 0.15) is 0 Å². The molecule has 3 aliphatic carbocycles. The van der Waals surface area contributed by atoms with E-state index in [0.29, 0.717) is 0 Å². The van der Waals surface area contributed by atoms with Crippen LogP contribution in [0.5, 0.6) is 0 Å². The lowest BCUT2D eigenvalue weighted by molar-refractivity contribution is 0.0122. The molecule has 3 aliphatic rings. The Balaban J connectivity index is 1.63. The summed E-state index contributed by atoms with van der Waals surface area (Å²) in [5.41, 5.74) is 0. The van der Waals surface area contributed by atoms with Crippen molar-refractivity contribution in [2.75, 3.05) is 0 Å². The Morgan fingerprint density at radius 2 is 1.50 bits per heavy atom. The van der Waals surface area contributed by atoms with Gasteiger partial charge in [-0.05, 0) is 74.5 Å². The van der Waals surface area contributed by atoms with Gasteiger partial charge in [0.05, 0.1) is 0 Å². The van der Waals surface area contributed by atoms with Gasteiger partial charge in [0, 0.05) is 4.83 Å². The van der Waals surface area contributed by atoms with Crippen LogP contribution in [0.2, 0.25) is 0 Å². The third-order valence-corrected chi connectivity index (χ3v) is 7.11. The van der Waals surface area contributed by atoms with Crippen molar-refractivity contribution in [1.82, 2.24) is 0 Å². The number of rotatable bonds is 2. The number of hydrogen-bond donors (Lipinski definition) is 0. The standard InChI is InChI=1S/C17H29Br/c1-2-3-12-4-8-16-13(10-12)5-6-14-11-15(18)7-9-17(14)16/h12-17H,2-11H2,1H3/t12-,13?,14?,15-,16?,17?/m1/s1. The van der Waals surface area contributed by atoms with Crippen molar-refractivity contribution in [2.45, 2.75) is 76.0 Å². The molecule has 0 N–H and O–H groups in total. The van der Waals surface area contributed by atoms with Crippen LogP contribution in [0.4, 0.5) is 0 Å². The van der Waals surface area contributed by atoms with E-state index in [2.05, 4.69) is 22.9 Å². The average Bonchev–Trinajstić information content (AvgIpc) is 2.38. The molecule has 0 nitrogen and oxygen atoms in total. The van der Waals surface area contributed by atoms with Gasteiger partial charge in [-0.2, -0.15) is 0 Å². The zero-order valence-corrected chi connectivity index (χ0v) is 13.5. The largest absolute Gasteiger partial charge is 0.0891 e. The third-order valence-electron chi connectivity index (χ3n) is 6.28. The zero-order valence-electron chi connectivity index (χ0n) is 11.9. The lowest BCUT2D eigenvalue weighted by Gasteiger charge is -2.50. The molecule has 0 amide bonds. The van der Waals surface area contributed by atoms with E-state index in [0.717, 1.165) is 34.4 Å². The molecular weight excluding hydrogens is 284 g/mol. The summed E-state index contributed by atoms with van der Waals surface area (Å²) in [7, 11) is 0. The topological polar surface area (TPSA) is 0 Å². The molecule has 18 heavy (non-hydrogen) atoms. The molecular formula is C17H29Br. The van der Waals surface area contributed by atoms with Crippen molar-refractivity contribution >= 4 is 15.9 Å². The van der Waals surface area contributed by atoms with E-state index in [1.54, 1.807) is 32.1 Å². The summed E-state index contributed by atoms with van der Waals surface area (Å²) in [5.74, 6) is 5.51. The highest BCUT2D eigenvalue weighted by Crippen LogP contribution is 2.53. The summed E-state index contributed by atoms with van der Waals surface area (Å²) in [6, 6.07) is 0. The quantitative estimate of drug-likeness (QED) is 0.566. The maximum atomic E-state index is 3.87. The van der Waals surface area contributed by atoms with Crippen LogP contribution in [0, 0.1) is 29.6 Å². The van der Waals surface area contributed by atoms with E-state index >= 15 is 0 Å². The third kappa shape index (κ3) is 2.67. The van der Waals surface area contributed by atoms with Gasteiger partial charge in [0.15, 0.2) is 0 Å². The Morgan fingerprint density at radius 1 is 0.833 bits per heavy atom. The van der Waals surface area contributed by atoms with E-state index in [1.165, 1.54) is 32.1 Å². The normalized spacial score (nSPS) is 48.3. The summed E-state index contributed by atoms with van der Waals surface area (Å²) in [5, 5.41) is 0. The zero-order chi connectivity index (χ0) is 12.5. The van der Waals surface area contributed by atoms with Crippen LogP contribution in [0.3, 0.4) is 0 Å². The van der Waals surface area contributed by atoms with Gasteiger partial charge in [0.2, 0.25) is 0 Å². The molecule has 6 atom stereocenters. The highest BCUT2D eigenvalue weighted by Gasteiger charge is 2.43. The molecule has 0 aliphatic heterocycles. The number of hydrogen-bond acceptors (Lipinski definition) is 0. The SMILES string of the molecule is CCC[C@@H]1CCC2C(CCC3C[C@H](Br)CCC32)C1. The van der Waals surface area contributed by atoms with E-state index in [9.17, 15) is 0 Å². The predicted octanol–water partition coefficient (Wildman–Crippen LogP) is 5.79. The molecule has 3 rings (SSSR count). The Morgan fingerprint density at radius 3 is 2.22 bits per heavy atom. The van der Waals surface area contributed by atoms with Crippen LogP contribution in [0.25, 0.3) is 0 Å². The fraction of sp³-hybridized carbons (Fsp3) is 1.00. The minimum absolute atomic E-state index is 0.840. The van der Waals surface area contributed by atoms with E-state index < -0.39 is 0 Å². The fourth-order valence-corrected chi connectivity index (χ4v) is 6.25. The van der Waals surface area contributed by atoms with Gasteiger partial charge in [-0.1, -0.05) is 42.1 Å². The second-order valence-corrected chi connectivity index (χ2v) is 8.60. The first-order chi connectivity index (χ1) is 8.78. The molecule has 3 saturated carbocycles. The van der Waals surface area contributed by atoms with E-state index in [-0.39, 0.29) is 0 Å². The predicted molar refractivity (Wildman–Crippen MR) is 82.0 cm³/mol. The Kier molecular flexibility index (Phi) is 4.38. The summed E-state index contributed by atoms with van der Waals surface area (Å²) >= 11 is 3.87. The lowest BCUT2D eigenvalue weighted by Crippen LogP contribution is -2.41. The van der Waals surface area contributed by atoms with Crippen LogP contribution in [0.1, 0.15) is 71.1 Å². The van der Waals surface area contributed by atoms with E-state index in [1.807, 2.05) is 0 Å². The van der Waals surface area contributed by atoms with Crippen LogP contribution in [-0.2, 0) is 0 Å². The number of fused-ring (bicyclic) bond motifs is 3. The molecule has 3 fully saturated rings. The second kappa shape index (κ2) is 5.85. The molecule has 0 aromatic rings. The highest BCUT2D eigenvalue weighted by molar-refractivity contribution is 9.09. The molecule has 0 aromatic heterocycles. The van der Waals surface area contributed by atoms with Crippen molar-refractivity contribution in [3.05, 3.63) is 0 Å². The second-order valence-electron chi connectivity index (χ2n) is 7.30. The molecule has 104 valence electrons. The Bertz CT molecular complexity index is 275. The van der Waals surface area contributed by atoms with Gasteiger partial charge in [-0.15, -0.1) is 0 Å². The molecule has 1 heteroatoms. The summed E-state index contributed by atoms with van der Waals surface area (Å²) in [6.07, 6.45) is 15.2. The van der Waals surface area contributed by atoms with Crippen LogP contribution >= 0.6 is 15.9 Å². The van der Waals surface area contributed by atoms with Crippen LogP contribution in [0.15, 0.2) is 0 Å². The van der Waals surface area contributed by atoms with Gasteiger partial charge >= 0.3 is 0 Å². The first-order valence-electron chi connectivity index (χ1n) is 8.42. The fourth-order valence-electron chi connectivity index (χ4n) is 5.50.